The first-order valence-electron chi connectivity index (χ1n) is 4.73. The van der Waals surface area contributed by atoms with Gasteiger partial charge >= 0.3 is 0 Å². The van der Waals surface area contributed by atoms with Gasteiger partial charge in [0.15, 0.2) is 4.47 Å². The SMILES string of the molecule is O=C(c1cccc(F)c1)c1sc(Cl)nc1C(F)F. The summed E-state index contributed by atoms with van der Waals surface area (Å²) in [5, 5.41) is 0. The first kappa shape index (κ1) is 13.0. The van der Waals surface area contributed by atoms with Crippen molar-refractivity contribution in [3.05, 3.63) is 50.7 Å². The lowest BCUT2D eigenvalue weighted by Crippen LogP contribution is -2.03. The number of nitrogens with zero attached hydrogens (tertiary/aromatic N) is 1. The Morgan fingerprint density at radius 3 is 2.72 bits per heavy atom. The summed E-state index contributed by atoms with van der Waals surface area (Å²) < 4.78 is 38.1. The van der Waals surface area contributed by atoms with Gasteiger partial charge in [-0.1, -0.05) is 35.1 Å². The second kappa shape index (κ2) is 5.07. The second-order valence-electron chi connectivity index (χ2n) is 3.32. The summed E-state index contributed by atoms with van der Waals surface area (Å²) in [6.07, 6.45) is -2.90. The third-order valence-electron chi connectivity index (χ3n) is 2.13. The van der Waals surface area contributed by atoms with Gasteiger partial charge in [0.2, 0.25) is 5.78 Å². The minimum absolute atomic E-state index is 0.0165. The van der Waals surface area contributed by atoms with Gasteiger partial charge in [-0.15, -0.1) is 0 Å². The lowest BCUT2D eigenvalue weighted by molar-refractivity contribution is 0.102. The van der Waals surface area contributed by atoms with Crippen molar-refractivity contribution in [3.63, 3.8) is 0 Å². The molecule has 18 heavy (non-hydrogen) atoms. The van der Waals surface area contributed by atoms with E-state index >= 15 is 0 Å². The summed E-state index contributed by atoms with van der Waals surface area (Å²) >= 11 is 6.17. The normalized spacial score (nSPS) is 10.9. The maximum Gasteiger partial charge on any atom is 0.282 e. The van der Waals surface area contributed by atoms with E-state index in [1.807, 2.05) is 0 Å². The van der Waals surface area contributed by atoms with Crippen LogP contribution in [0.2, 0.25) is 4.47 Å². The maximum atomic E-state index is 13.0. The molecule has 2 rings (SSSR count). The Kier molecular flexibility index (Phi) is 3.68. The van der Waals surface area contributed by atoms with Crippen LogP contribution >= 0.6 is 22.9 Å². The maximum absolute atomic E-state index is 13.0. The van der Waals surface area contributed by atoms with Crippen LogP contribution < -0.4 is 0 Å². The fraction of sp³-hybridized carbons (Fsp3) is 0.0909. The topological polar surface area (TPSA) is 30.0 Å². The number of alkyl halides is 2. The zero-order chi connectivity index (χ0) is 13.3. The molecule has 0 amide bonds. The third kappa shape index (κ3) is 2.54. The highest BCUT2D eigenvalue weighted by Gasteiger charge is 2.25. The van der Waals surface area contributed by atoms with Gasteiger partial charge in [-0.25, -0.2) is 18.2 Å². The zero-order valence-corrected chi connectivity index (χ0v) is 10.2. The van der Waals surface area contributed by atoms with E-state index in [0.29, 0.717) is 11.3 Å². The van der Waals surface area contributed by atoms with Crippen LogP contribution in [0.4, 0.5) is 13.2 Å². The highest BCUT2D eigenvalue weighted by molar-refractivity contribution is 7.17. The smallest absolute Gasteiger partial charge is 0.282 e. The highest BCUT2D eigenvalue weighted by Crippen LogP contribution is 2.31. The molecule has 0 unspecified atom stereocenters. The molecule has 0 aliphatic rings. The Labute approximate surface area is 109 Å². The van der Waals surface area contributed by atoms with Crippen molar-refractivity contribution in [1.29, 1.82) is 0 Å². The van der Waals surface area contributed by atoms with Gasteiger partial charge in [0, 0.05) is 5.56 Å². The second-order valence-corrected chi connectivity index (χ2v) is 4.90. The van der Waals surface area contributed by atoms with Crippen LogP contribution in [0, 0.1) is 5.82 Å². The zero-order valence-electron chi connectivity index (χ0n) is 8.66. The van der Waals surface area contributed by atoms with Crippen LogP contribution in [-0.2, 0) is 0 Å². The average Bonchev–Trinajstić information content (AvgIpc) is 2.70. The molecule has 1 aromatic heterocycles. The molecule has 0 saturated carbocycles. The van der Waals surface area contributed by atoms with E-state index < -0.39 is 23.7 Å². The number of benzene rings is 1. The summed E-state index contributed by atoms with van der Waals surface area (Å²) in [4.78, 5) is 15.1. The largest absolute Gasteiger partial charge is 0.288 e. The van der Waals surface area contributed by atoms with Gasteiger partial charge in [-0.3, -0.25) is 4.79 Å². The molecule has 0 radical (unpaired) electrons. The van der Waals surface area contributed by atoms with Gasteiger partial charge in [0.05, 0.1) is 0 Å². The molecule has 0 spiro atoms. The molecule has 1 aromatic carbocycles. The molecule has 1 heterocycles. The number of aromatic nitrogens is 1. The van der Waals surface area contributed by atoms with E-state index in [-0.39, 0.29) is 14.9 Å². The predicted octanol–water partition coefficient (Wildman–Crippen LogP) is 4.10. The summed E-state index contributed by atoms with van der Waals surface area (Å²) in [6.45, 7) is 0. The molecule has 0 saturated heterocycles. The van der Waals surface area contributed by atoms with Crippen LogP contribution in [-0.4, -0.2) is 10.8 Å². The minimum atomic E-state index is -2.90. The molecule has 0 N–H and O–H groups in total. The Bertz CT molecular complexity index is 600. The number of halogens is 4. The van der Waals surface area contributed by atoms with E-state index in [0.717, 1.165) is 12.1 Å². The standard InChI is InChI=1S/C11H5ClF3NOS/c12-11-16-7(10(14)15)9(18-11)8(17)5-2-1-3-6(13)4-5/h1-4,10H. The van der Waals surface area contributed by atoms with Crippen LogP contribution in [0.1, 0.15) is 27.4 Å². The number of carbonyl (C=O) groups excluding carboxylic acids is 1. The fourth-order valence-electron chi connectivity index (χ4n) is 1.38. The Morgan fingerprint density at radius 1 is 1.39 bits per heavy atom. The van der Waals surface area contributed by atoms with Crippen LogP contribution in [0.5, 0.6) is 0 Å². The summed E-state index contributed by atoms with van der Waals surface area (Å²) in [6, 6.07) is 4.80. The van der Waals surface area contributed by atoms with Crippen molar-refractivity contribution in [2.75, 3.05) is 0 Å². The molecule has 2 nitrogen and oxygen atoms in total. The number of carbonyl (C=O) groups is 1. The minimum Gasteiger partial charge on any atom is -0.288 e. The molecule has 94 valence electrons. The Balaban J connectivity index is 2.46. The summed E-state index contributed by atoms with van der Waals surface area (Å²) in [7, 11) is 0. The van der Waals surface area contributed by atoms with Crippen molar-refractivity contribution in [2.45, 2.75) is 6.43 Å². The number of rotatable bonds is 3. The summed E-state index contributed by atoms with van der Waals surface area (Å²) in [5.74, 6) is -1.33. The first-order valence-corrected chi connectivity index (χ1v) is 5.93. The third-order valence-corrected chi connectivity index (χ3v) is 3.30. The predicted molar refractivity (Wildman–Crippen MR) is 61.9 cm³/mol. The lowest BCUT2D eigenvalue weighted by atomic mass is 10.1. The van der Waals surface area contributed by atoms with E-state index in [1.165, 1.54) is 12.1 Å². The molecule has 0 atom stereocenters. The number of thiazole rings is 1. The molecule has 2 aromatic rings. The van der Waals surface area contributed by atoms with Crippen LogP contribution in [0.25, 0.3) is 0 Å². The molecule has 0 aliphatic carbocycles. The van der Waals surface area contributed by atoms with Crippen molar-refractivity contribution in [1.82, 2.24) is 4.98 Å². The molecular formula is C11H5ClF3NOS. The average molecular weight is 292 g/mol. The molecular weight excluding hydrogens is 287 g/mol. The van der Waals surface area contributed by atoms with Crippen molar-refractivity contribution < 1.29 is 18.0 Å². The monoisotopic (exact) mass is 291 g/mol. The van der Waals surface area contributed by atoms with E-state index in [2.05, 4.69) is 4.98 Å². The van der Waals surface area contributed by atoms with Gasteiger partial charge in [0.1, 0.15) is 16.4 Å². The highest BCUT2D eigenvalue weighted by atomic mass is 35.5. The van der Waals surface area contributed by atoms with Gasteiger partial charge in [0.25, 0.3) is 6.43 Å². The number of hydrogen-bond acceptors (Lipinski definition) is 3. The van der Waals surface area contributed by atoms with E-state index in [4.69, 9.17) is 11.6 Å². The van der Waals surface area contributed by atoms with Crippen molar-refractivity contribution >= 4 is 28.7 Å². The first-order chi connectivity index (χ1) is 8.49. The quantitative estimate of drug-likeness (QED) is 0.797. The number of hydrogen-bond donors (Lipinski definition) is 0. The molecule has 0 aliphatic heterocycles. The van der Waals surface area contributed by atoms with Crippen LogP contribution in [0.15, 0.2) is 24.3 Å². The van der Waals surface area contributed by atoms with E-state index in [9.17, 15) is 18.0 Å². The van der Waals surface area contributed by atoms with Crippen molar-refractivity contribution in [3.8, 4) is 0 Å². The van der Waals surface area contributed by atoms with Crippen molar-refractivity contribution in [2.24, 2.45) is 0 Å². The van der Waals surface area contributed by atoms with Gasteiger partial charge in [-0.2, -0.15) is 0 Å². The molecule has 0 fully saturated rings. The van der Waals surface area contributed by atoms with Gasteiger partial charge < -0.3 is 0 Å². The Hall–Kier alpha value is -1.40. The number of ketones is 1. The van der Waals surface area contributed by atoms with Gasteiger partial charge in [-0.05, 0) is 12.1 Å². The molecule has 7 heteroatoms. The summed E-state index contributed by atoms with van der Waals surface area (Å²) in [5.41, 5.74) is -0.684. The molecule has 0 bridgehead atoms. The Morgan fingerprint density at radius 2 is 2.11 bits per heavy atom. The van der Waals surface area contributed by atoms with E-state index in [1.54, 1.807) is 0 Å². The lowest BCUT2D eigenvalue weighted by Gasteiger charge is -2.01. The fourth-order valence-corrected chi connectivity index (χ4v) is 2.46. The van der Waals surface area contributed by atoms with Crippen LogP contribution in [0.3, 0.4) is 0 Å².